The normalized spacial score (nSPS) is 13.8. The number of rotatable bonds is 5. The van der Waals surface area contributed by atoms with E-state index < -0.39 is 18.0 Å². The van der Waals surface area contributed by atoms with Gasteiger partial charge in [-0.05, 0) is 49.1 Å². The van der Waals surface area contributed by atoms with E-state index in [0.717, 1.165) is 17.5 Å². The molecule has 2 aromatic carbocycles. The van der Waals surface area contributed by atoms with Gasteiger partial charge in [0.25, 0.3) is 0 Å². The van der Waals surface area contributed by atoms with E-state index in [0.29, 0.717) is 0 Å². The van der Waals surface area contributed by atoms with Crippen LogP contribution in [0.3, 0.4) is 0 Å². The van der Waals surface area contributed by atoms with Crippen molar-refractivity contribution >= 4 is 0 Å². The lowest BCUT2D eigenvalue weighted by Gasteiger charge is -2.21. The highest BCUT2D eigenvalue weighted by Gasteiger charge is 2.19. The summed E-state index contributed by atoms with van der Waals surface area (Å²) in [6, 6.07) is 12.4. The third-order valence-corrected chi connectivity index (χ3v) is 3.57. The Morgan fingerprint density at radius 3 is 2.43 bits per heavy atom. The minimum absolute atomic E-state index is 0.173. The lowest BCUT2D eigenvalue weighted by atomic mass is 10.0. The molecule has 1 N–H and O–H groups in total. The molecule has 0 amide bonds. The second-order valence-electron chi connectivity index (χ2n) is 5.30. The maximum atomic E-state index is 13.7. The predicted molar refractivity (Wildman–Crippen MR) is 82.0 cm³/mol. The van der Waals surface area contributed by atoms with Crippen molar-refractivity contribution in [2.24, 2.45) is 0 Å². The molecule has 0 saturated heterocycles. The third kappa shape index (κ3) is 3.82. The monoisotopic (exact) mass is 288 g/mol. The molecule has 112 valence electrons. The third-order valence-electron chi connectivity index (χ3n) is 3.57. The van der Waals surface area contributed by atoms with Crippen LogP contribution in [0.15, 0.2) is 42.5 Å². The summed E-state index contributed by atoms with van der Waals surface area (Å²) >= 11 is 0. The van der Waals surface area contributed by atoms with Crippen LogP contribution in [-0.4, -0.2) is 11.2 Å². The summed E-state index contributed by atoms with van der Waals surface area (Å²) in [5.74, 6) is -0.243. The van der Waals surface area contributed by atoms with E-state index in [1.807, 2.05) is 31.2 Å². The Balaban J connectivity index is 2.11. The highest BCUT2D eigenvalue weighted by molar-refractivity contribution is 5.30. The molecule has 0 aliphatic rings. The Morgan fingerprint density at radius 1 is 1.14 bits per heavy atom. The van der Waals surface area contributed by atoms with Crippen LogP contribution < -0.4 is 4.74 Å². The summed E-state index contributed by atoms with van der Waals surface area (Å²) < 4.78 is 19.3. The standard InChI is InChI=1S/C18H21FO2/c1-4-14-6-8-15(9-7-14)18(20)13(3)21-17-11-12(2)5-10-16(17)19/h5-11,13,18,20H,4H2,1-3H3. The van der Waals surface area contributed by atoms with Gasteiger partial charge in [-0.25, -0.2) is 4.39 Å². The minimum atomic E-state index is -0.796. The van der Waals surface area contributed by atoms with E-state index in [1.54, 1.807) is 19.1 Å². The van der Waals surface area contributed by atoms with Crippen LogP contribution in [0.2, 0.25) is 0 Å². The van der Waals surface area contributed by atoms with Gasteiger partial charge < -0.3 is 9.84 Å². The van der Waals surface area contributed by atoms with Crippen LogP contribution in [0.4, 0.5) is 4.39 Å². The minimum Gasteiger partial charge on any atom is -0.485 e. The molecule has 2 nitrogen and oxygen atoms in total. The van der Waals surface area contributed by atoms with Gasteiger partial charge in [0, 0.05) is 0 Å². The van der Waals surface area contributed by atoms with Crippen LogP contribution >= 0.6 is 0 Å². The zero-order valence-corrected chi connectivity index (χ0v) is 12.6. The first kappa shape index (κ1) is 15.5. The smallest absolute Gasteiger partial charge is 0.165 e. The van der Waals surface area contributed by atoms with Gasteiger partial charge in [-0.1, -0.05) is 37.3 Å². The predicted octanol–water partition coefficient (Wildman–Crippen LogP) is 4.20. The molecule has 2 aromatic rings. The fourth-order valence-electron chi connectivity index (χ4n) is 2.19. The highest BCUT2D eigenvalue weighted by Crippen LogP contribution is 2.25. The number of aryl methyl sites for hydroxylation is 2. The fraction of sp³-hybridized carbons (Fsp3) is 0.333. The first-order chi connectivity index (χ1) is 10.0. The Labute approximate surface area is 125 Å². The maximum Gasteiger partial charge on any atom is 0.165 e. The topological polar surface area (TPSA) is 29.5 Å². The lowest BCUT2D eigenvalue weighted by Crippen LogP contribution is -2.22. The molecule has 0 saturated carbocycles. The maximum absolute atomic E-state index is 13.7. The zero-order valence-electron chi connectivity index (χ0n) is 12.6. The number of aliphatic hydroxyl groups excluding tert-OH is 1. The number of aliphatic hydroxyl groups is 1. The molecule has 2 atom stereocenters. The van der Waals surface area contributed by atoms with Gasteiger partial charge in [0.05, 0.1) is 0 Å². The van der Waals surface area contributed by atoms with E-state index in [1.165, 1.54) is 11.6 Å². The van der Waals surface area contributed by atoms with Gasteiger partial charge in [-0.15, -0.1) is 0 Å². The molecule has 3 heteroatoms. The first-order valence-electron chi connectivity index (χ1n) is 7.21. The molecular formula is C18H21FO2. The average Bonchev–Trinajstić information content (AvgIpc) is 2.50. The Kier molecular flexibility index (Phi) is 4.97. The summed E-state index contributed by atoms with van der Waals surface area (Å²) in [6.07, 6.45) is -0.374. The van der Waals surface area contributed by atoms with E-state index in [-0.39, 0.29) is 5.75 Å². The van der Waals surface area contributed by atoms with Crippen LogP contribution in [-0.2, 0) is 6.42 Å². The Morgan fingerprint density at radius 2 is 1.81 bits per heavy atom. The summed E-state index contributed by atoms with van der Waals surface area (Å²) in [6.45, 7) is 5.69. The Hall–Kier alpha value is -1.87. The van der Waals surface area contributed by atoms with Crippen molar-refractivity contribution in [2.75, 3.05) is 0 Å². The molecule has 0 aliphatic carbocycles. The molecule has 0 spiro atoms. The van der Waals surface area contributed by atoms with Gasteiger partial charge in [-0.2, -0.15) is 0 Å². The van der Waals surface area contributed by atoms with E-state index >= 15 is 0 Å². The van der Waals surface area contributed by atoms with E-state index in [2.05, 4.69) is 6.92 Å². The van der Waals surface area contributed by atoms with Crippen LogP contribution in [0, 0.1) is 12.7 Å². The molecule has 0 aromatic heterocycles. The number of benzene rings is 2. The van der Waals surface area contributed by atoms with Gasteiger partial charge in [0.2, 0.25) is 0 Å². The fourth-order valence-corrected chi connectivity index (χ4v) is 2.19. The van der Waals surface area contributed by atoms with Gasteiger partial charge >= 0.3 is 0 Å². The van der Waals surface area contributed by atoms with Crippen molar-refractivity contribution in [3.05, 3.63) is 65.0 Å². The van der Waals surface area contributed by atoms with Gasteiger partial charge in [0.15, 0.2) is 11.6 Å². The lowest BCUT2D eigenvalue weighted by molar-refractivity contribution is 0.0444. The van der Waals surface area contributed by atoms with Gasteiger partial charge in [0.1, 0.15) is 12.2 Å². The molecule has 21 heavy (non-hydrogen) atoms. The molecule has 0 aliphatic heterocycles. The van der Waals surface area contributed by atoms with Crippen molar-refractivity contribution in [1.82, 2.24) is 0 Å². The van der Waals surface area contributed by atoms with Crippen molar-refractivity contribution in [1.29, 1.82) is 0 Å². The zero-order chi connectivity index (χ0) is 15.4. The average molecular weight is 288 g/mol. The summed E-state index contributed by atoms with van der Waals surface area (Å²) in [4.78, 5) is 0. The van der Waals surface area contributed by atoms with Crippen molar-refractivity contribution < 1.29 is 14.2 Å². The van der Waals surface area contributed by atoms with E-state index in [9.17, 15) is 9.50 Å². The number of ether oxygens (including phenoxy) is 1. The summed E-state index contributed by atoms with van der Waals surface area (Å²) in [5.41, 5.74) is 2.90. The molecular weight excluding hydrogens is 267 g/mol. The summed E-state index contributed by atoms with van der Waals surface area (Å²) in [5, 5.41) is 10.3. The largest absolute Gasteiger partial charge is 0.485 e. The number of hydrogen-bond donors (Lipinski definition) is 1. The van der Waals surface area contributed by atoms with Crippen molar-refractivity contribution in [3.63, 3.8) is 0 Å². The Bertz CT molecular complexity index is 593. The molecule has 2 rings (SSSR count). The number of halogens is 1. The van der Waals surface area contributed by atoms with Crippen LogP contribution in [0.1, 0.15) is 36.6 Å². The first-order valence-corrected chi connectivity index (χ1v) is 7.21. The van der Waals surface area contributed by atoms with Crippen LogP contribution in [0.25, 0.3) is 0 Å². The van der Waals surface area contributed by atoms with Crippen molar-refractivity contribution in [3.8, 4) is 5.75 Å². The molecule has 0 fully saturated rings. The number of hydrogen-bond acceptors (Lipinski definition) is 2. The molecule has 0 radical (unpaired) electrons. The van der Waals surface area contributed by atoms with Crippen molar-refractivity contribution in [2.45, 2.75) is 39.4 Å². The SMILES string of the molecule is CCc1ccc(C(O)C(C)Oc2cc(C)ccc2F)cc1. The quantitative estimate of drug-likeness (QED) is 0.893. The summed E-state index contributed by atoms with van der Waals surface area (Å²) in [7, 11) is 0. The van der Waals surface area contributed by atoms with Crippen LogP contribution in [0.5, 0.6) is 5.75 Å². The second-order valence-corrected chi connectivity index (χ2v) is 5.30. The second kappa shape index (κ2) is 6.72. The molecule has 2 unspecified atom stereocenters. The highest BCUT2D eigenvalue weighted by atomic mass is 19.1. The van der Waals surface area contributed by atoms with E-state index in [4.69, 9.17) is 4.74 Å². The molecule has 0 bridgehead atoms. The molecule has 0 heterocycles. The van der Waals surface area contributed by atoms with Gasteiger partial charge in [-0.3, -0.25) is 0 Å².